The zero-order valence-corrected chi connectivity index (χ0v) is 17.1. The third kappa shape index (κ3) is 4.45. The third-order valence-electron chi connectivity index (χ3n) is 5.65. The molecular weight excluding hydrogens is 396 g/mol. The zero-order valence-electron chi connectivity index (χ0n) is 17.1. The number of benzene rings is 1. The maximum atomic E-state index is 12.7. The lowest BCUT2D eigenvalue weighted by molar-refractivity contribution is 0.171. The van der Waals surface area contributed by atoms with E-state index in [0.717, 1.165) is 30.7 Å². The number of aromatic amines is 1. The van der Waals surface area contributed by atoms with Gasteiger partial charge in [-0.25, -0.2) is 9.78 Å². The van der Waals surface area contributed by atoms with Crippen molar-refractivity contribution in [1.29, 1.82) is 0 Å². The first-order chi connectivity index (χ1) is 15.2. The molecule has 9 nitrogen and oxygen atoms in total. The number of urea groups is 1. The van der Waals surface area contributed by atoms with Gasteiger partial charge < -0.3 is 19.7 Å². The fraction of sp³-hybridized carbons (Fsp3) is 0.364. The summed E-state index contributed by atoms with van der Waals surface area (Å²) in [7, 11) is 0. The lowest BCUT2D eigenvalue weighted by Gasteiger charge is -2.31. The standard InChI is InChI=1S/C22H24N6O3/c29-22(24-17-1-2-18-19(14-17)31-12-11-30-18)28-9-5-15(6-10-28)13-20-25-21(27-26-20)16-3-7-23-8-4-16/h1-4,7-8,14-15H,5-6,9-13H2,(H,24,29)(H,25,26,27). The van der Waals surface area contributed by atoms with E-state index >= 15 is 0 Å². The van der Waals surface area contributed by atoms with Crippen molar-refractivity contribution in [2.24, 2.45) is 5.92 Å². The number of anilines is 1. The summed E-state index contributed by atoms with van der Waals surface area (Å²) in [5, 5.41) is 10.3. The Morgan fingerprint density at radius 1 is 1.10 bits per heavy atom. The van der Waals surface area contributed by atoms with Crippen LogP contribution in [0.15, 0.2) is 42.7 Å². The van der Waals surface area contributed by atoms with E-state index in [0.29, 0.717) is 55.2 Å². The van der Waals surface area contributed by atoms with E-state index in [1.807, 2.05) is 35.2 Å². The van der Waals surface area contributed by atoms with Gasteiger partial charge in [-0.2, -0.15) is 5.10 Å². The second-order valence-electron chi connectivity index (χ2n) is 7.76. The number of pyridine rings is 1. The number of fused-ring (bicyclic) bond motifs is 1. The topological polar surface area (TPSA) is 105 Å². The van der Waals surface area contributed by atoms with Gasteiger partial charge in [0.15, 0.2) is 17.3 Å². The molecule has 3 aromatic rings. The molecule has 9 heteroatoms. The lowest BCUT2D eigenvalue weighted by Crippen LogP contribution is -2.41. The van der Waals surface area contributed by atoms with Crippen molar-refractivity contribution in [3.63, 3.8) is 0 Å². The summed E-state index contributed by atoms with van der Waals surface area (Å²) in [6.45, 7) is 2.50. The van der Waals surface area contributed by atoms with Gasteiger partial charge in [0, 0.05) is 49.2 Å². The van der Waals surface area contributed by atoms with Crippen LogP contribution in [-0.4, -0.2) is 57.4 Å². The number of likely N-dealkylation sites (tertiary alicyclic amines) is 1. The summed E-state index contributed by atoms with van der Waals surface area (Å²) in [5.74, 6) is 3.42. The predicted molar refractivity (Wildman–Crippen MR) is 114 cm³/mol. The van der Waals surface area contributed by atoms with Crippen LogP contribution in [0.2, 0.25) is 0 Å². The molecule has 0 saturated carbocycles. The molecule has 4 heterocycles. The SMILES string of the molecule is O=C(Nc1ccc2c(c1)OCCO2)N1CCC(Cc2nc(-c3ccncc3)n[nH]2)CC1. The van der Waals surface area contributed by atoms with Crippen LogP contribution in [0.5, 0.6) is 11.5 Å². The number of carbonyl (C=O) groups excluding carboxylic acids is 1. The average Bonchev–Trinajstić information content (AvgIpc) is 3.28. The molecule has 31 heavy (non-hydrogen) atoms. The van der Waals surface area contributed by atoms with E-state index in [1.54, 1.807) is 12.4 Å². The Balaban J connectivity index is 1.13. The summed E-state index contributed by atoms with van der Waals surface area (Å²) < 4.78 is 11.1. The van der Waals surface area contributed by atoms with Crippen molar-refractivity contribution >= 4 is 11.7 Å². The van der Waals surface area contributed by atoms with Crippen LogP contribution in [0.1, 0.15) is 18.7 Å². The van der Waals surface area contributed by atoms with Gasteiger partial charge in [-0.3, -0.25) is 10.1 Å². The number of carbonyl (C=O) groups is 1. The molecule has 1 aromatic carbocycles. The van der Waals surface area contributed by atoms with E-state index in [-0.39, 0.29) is 6.03 Å². The molecule has 2 aliphatic rings. The van der Waals surface area contributed by atoms with E-state index in [9.17, 15) is 4.79 Å². The van der Waals surface area contributed by atoms with Gasteiger partial charge in [-0.15, -0.1) is 0 Å². The maximum Gasteiger partial charge on any atom is 0.321 e. The highest BCUT2D eigenvalue weighted by molar-refractivity contribution is 5.89. The molecule has 0 spiro atoms. The Labute approximate surface area is 179 Å². The molecule has 2 aromatic heterocycles. The Morgan fingerprint density at radius 3 is 2.68 bits per heavy atom. The number of hydrogen-bond acceptors (Lipinski definition) is 6. The van der Waals surface area contributed by atoms with Gasteiger partial charge >= 0.3 is 6.03 Å². The monoisotopic (exact) mass is 420 g/mol. The molecular formula is C22H24N6O3. The van der Waals surface area contributed by atoms with Crippen molar-refractivity contribution in [3.05, 3.63) is 48.5 Å². The number of nitrogens with one attached hydrogen (secondary N) is 2. The van der Waals surface area contributed by atoms with Gasteiger partial charge in [0.05, 0.1) is 0 Å². The molecule has 160 valence electrons. The fourth-order valence-electron chi connectivity index (χ4n) is 3.95. The molecule has 2 aliphatic heterocycles. The van der Waals surface area contributed by atoms with Crippen molar-refractivity contribution < 1.29 is 14.3 Å². The van der Waals surface area contributed by atoms with Crippen molar-refractivity contribution in [1.82, 2.24) is 25.1 Å². The van der Waals surface area contributed by atoms with Crippen LogP contribution in [0, 0.1) is 5.92 Å². The Bertz CT molecular complexity index is 1050. The second kappa shape index (κ2) is 8.63. The Kier molecular flexibility index (Phi) is 5.39. The molecule has 1 saturated heterocycles. The number of ether oxygens (including phenoxy) is 2. The van der Waals surface area contributed by atoms with Gasteiger partial charge in [-0.05, 0) is 43.0 Å². The van der Waals surface area contributed by atoms with E-state index in [1.165, 1.54) is 0 Å². The molecule has 0 aliphatic carbocycles. The normalized spacial score (nSPS) is 16.2. The van der Waals surface area contributed by atoms with Crippen LogP contribution in [0.3, 0.4) is 0 Å². The first-order valence-corrected chi connectivity index (χ1v) is 10.5. The van der Waals surface area contributed by atoms with Gasteiger partial charge in [0.25, 0.3) is 0 Å². The van der Waals surface area contributed by atoms with E-state index in [4.69, 9.17) is 9.47 Å². The minimum absolute atomic E-state index is 0.0882. The summed E-state index contributed by atoms with van der Waals surface area (Å²) >= 11 is 0. The van der Waals surface area contributed by atoms with E-state index < -0.39 is 0 Å². The van der Waals surface area contributed by atoms with Crippen LogP contribution in [0.4, 0.5) is 10.5 Å². The average molecular weight is 420 g/mol. The molecule has 2 amide bonds. The van der Waals surface area contributed by atoms with Gasteiger partial charge in [0.2, 0.25) is 0 Å². The van der Waals surface area contributed by atoms with Gasteiger partial charge in [-0.1, -0.05) is 0 Å². The minimum Gasteiger partial charge on any atom is -0.486 e. The summed E-state index contributed by atoms with van der Waals surface area (Å²) in [6, 6.07) is 9.17. The number of H-pyrrole nitrogens is 1. The fourth-order valence-corrected chi connectivity index (χ4v) is 3.95. The number of nitrogens with zero attached hydrogens (tertiary/aromatic N) is 4. The lowest BCUT2D eigenvalue weighted by atomic mass is 9.93. The third-order valence-corrected chi connectivity index (χ3v) is 5.65. The molecule has 1 fully saturated rings. The quantitative estimate of drug-likeness (QED) is 0.672. The molecule has 0 radical (unpaired) electrons. The number of amides is 2. The van der Waals surface area contributed by atoms with Crippen molar-refractivity contribution in [3.8, 4) is 22.9 Å². The largest absolute Gasteiger partial charge is 0.486 e. The smallest absolute Gasteiger partial charge is 0.321 e. The molecule has 0 unspecified atom stereocenters. The minimum atomic E-state index is -0.0882. The van der Waals surface area contributed by atoms with Gasteiger partial charge in [0.1, 0.15) is 19.0 Å². The van der Waals surface area contributed by atoms with Crippen molar-refractivity contribution in [2.75, 3.05) is 31.6 Å². The Hall–Kier alpha value is -3.62. The zero-order chi connectivity index (χ0) is 21.0. The first-order valence-electron chi connectivity index (χ1n) is 10.5. The highest BCUT2D eigenvalue weighted by Crippen LogP contribution is 2.32. The highest BCUT2D eigenvalue weighted by Gasteiger charge is 2.24. The molecule has 5 rings (SSSR count). The van der Waals surface area contributed by atoms with E-state index in [2.05, 4.69) is 25.5 Å². The first kappa shape index (κ1) is 19.3. The van der Waals surface area contributed by atoms with Crippen LogP contribution >= 0.6 is 0 Å². The summed E-state index contributed by atoms with van der Waals surface area (Å²) in [6.07, 6.45) is 6.16. The number of hydrogen-bond donors (Lipinski definition) is 2. The number of rotatable bonds is 4. The van der Waals surface area contributed by atoms with Crippen molar-refractivity contribution in [2.45, 2.75) is 19.3 Å². The second-order valence-corrected chi connectivity index (χ2v) is 7.76. The maximum absolute atomic E-state index is 12.7. The van der Waals surface area contributed by atoms with Crippen LogP contribution in [0.25, 0.3) is 11.4 Å². The highest BCUT2D eigenvalue weighted by atomic mass is 16.6. The predicted octanol–water partition coefficient (Wildman–Crippen LogP) is 3.12. The summed E-state index contributed by atoms with van der Waals surface area (Å²) in [4.78, 5) is 23.2. The molecule has 0 bridgehead atoms. The number of piperidine rings is 1. The molecule has 0 atom stereocenters. The van der Waals surface area contributed by atoms with Crippen LogP contribution < -0.4 is 14.8 Å². The summed E-state index contributed by atoms with van der Waals surface area (Å²) in [5.41, 5.74) is 1.66. The van der Waals surface area contributed by atoms with Crippen LogP contribution in [-0.2, 0) is 6.42 Å². The molecule has 2 N–H and O–H groups in total. The Morgan fingerprint density at radius 2 is 1.87 bits per heavy atom. The number of aromatic nitrogens is 4.